The summed E-state index contributed by atoms with van der Waals surface area (Å²) in [5.41, 5.74) is 0.636. The van der Waals surface area contributed by atoms with Crippen molar-refractivity contribution in [1.82, 2.24) is 4.90 Å². The third-order valence-electron chi connectivity index (χ3n) is 3.04. The van der Waals surface area contributed by atoms with Crippen molar-refractivity contribution >= 4 is 17.6 Å². The van der Waals surface area contributed by atoms with Crippen LogP contribution in [0.5, 0.6) is 0 Å². The molecule has 1 fully saturated rings. The first-order chi connectivity index (χ1) is 8.47. The molecule has 1 aliphatic rings. The first-order valence-electron chi connectivity index (χ1n) is 5.56. The molecule has 0 aliphatic carbocycles. The number of halogens is 2. The molecule has 18 heavy (non-hydrogen) atoms. The number of likely N-dealkylation sites (tertiary alicyclic amines) is 1. The third-order valence-corrected chi connectivity index (χ3v) is 3.34. The summed E-state index contributed by atoms with van der Waals surface area (Å²) >= 11 is 5.58. The van der Waals surface area contributed by atoms with Crippen molar-refractivity contribution in [3.8, 4) is 0 Å². The van der Waals surface area contributed by atoms with Crippen molar-refractivity contribution in [1.29, 1.82) is 0 Å². The van der Waals surface area contributed by atoms with Gasteiger partial charge in [-0.1, -0.05) is 17.7 Å². The summed E-state index contributed by atoms with van der Waals surface area (Å²) in [6, 6.07) is 3.65. The highest BCUT2D eigenvalue weighted by molar-refractivity contribution is 6.30. The number of aliphatic carboxylic acids is 1. The summed E-state index contributed by atoms with van der Waals surface area (Å²) in [6.45, 7) is 0.559. The van der Waals surface area contributed by atoms with Crippen LogP contribution >= 0.6 is 11.6 Å². The lowest BCUT2D eigenvalue weighted by Gasteiger charge is -2.20. The van der Waals surface area contributed by atoms with Crippen molar-refractivity contribution < 1.29 is 19.4 Å². The number of carboxylic acid groups (broad SMARTS) is 1. The number of carboxylic acids is 1. The van der Waals surface area contributed by atoms with Gasteiger partial charge in [-0.3, -0.25) is 9.69 Å². The van der Waals surface area contributed by atoms with E-state index in [-0.39, 0.29) is 24.5 Å². The van der Waals surface area contributed by atoms with Gasteiger partial charge in [-0.2, -0.15) is 0 Å². The zero-order valence-electron chi connectivity index (χ0n) is 9.51. The molecule has 1 aliphatic heterocycles. The second kappa shape index (κ2) is 5.22. The Morgan fingerprint density at radius 1 is 1.56 bits per heavy atom. The Kier molecular flexibility index (Phi) is 3.85. The largest absolute Gasteiger partial charge is 0.480 e. The predicted molar refractivity (Wildman–Crippen MR) is 63.9 cm³/mol. The van der Waals surface area contributed by atoms with Crippen molar-refractivity contribution in [3.05, 3.63) is 34.6 Å². The Bertz CT molecular complexity index is 469. The van der Waals surface area contributed by atoms with Crippen LogP contribution in [0.4, 0.5) is 4.39 Å². The van der Waals surface area contributed by atoms with Crippen LogP contribution in [0.15, 0.2) is 18.2 Å². The van der Waals surface area contributed by atoms with E-state index in [2.05, 4.69) is 0 Å². The summed E-state index contributed by atoms with van der Waals surface area (Å²) in [6.07, 6.45) is -0.450. The van der Waals surface area contributed by atoms with Gasteiger partial charge in [0, 0.05) is 19.5 Å². The van der Waals surface area contributed by atoms with E-state index in [1.54, 1.807) is 11.0 Å². The van der Waals surface area contributed by atoms with E-state index in [4.69, 9.17) is 16.7 Å². The highest BCUT2D eigenvalue weighted by Gasteiger charge is 2.35. The van der Waals surface area contributed by atoms with Gasteiger partial charge in [-0.25, -0.2) is 4.39 Å². The molecule has 0 radical (unpaired) electrons. The van der Waals surface area contributed by atoms with Crippen LogP contribution in [0.3, 0.4) is 0 Å². The molecule has 0 spiro atoms. The number of hydrogen-bond acceptors (Lipinski definition) is 3. The van der Waals surface area contributed by atoms with Crippen molar-refractivity contribution in [3.63, 3.8) is 0 Å². The van der Waals surface area contributed by atoms with Gasteiger partial charge in [0.1, 0.15) is 11.9 Å². The fourth-order valence-electron chi connectivity index (χ4n) is 2.18. The summed E-state index contributed by atoms with van der Waals surface area (Å²) in [7, 11) is 0. The van der Waals surface area contributed by atoms with Crippen LogP contribution in [-0.2, 0) is 11.3 Å². The van der Waals surface area contributed by atoms with Crippen LogP contribution in [0, 0.1) is 5.82 Å². The number of aliphatic hydroxyl groups is 1. The maximum absolute atomic E-state index is 13.3. The molecular formula is C12H13ClFNO3. The molecule has 1 saturated heterocycles. The molecule has 1 aromatic rings. The Morgan fingerprint density at radius 2 is 2.28 bits per heavy atom. The summed E-state index contributed by atoms with van der Waals surface area (Å²) in [5, 5.41) is 18.6. The lowest BCUT2D eigenvalue weighted by Crippen LogP contribution is -2.35. The molecule has 0 saturated carbocycles. The first kappa shape index (κ1) is 13.3. The molecule has 2 N–H and O–H groups in total. The van der Waals surface area contributed by atoms with Gasteiger partial charge in [0.25, 0.3) is 0 Å². The predicted octanol–water partition coefficient (Wildman–Crippen LogP) is 1.50. The number of β-amino-alcohol motifs (C(OH)–C–C–N with tert-alkyl or cyclic N) is 1. The maximum atomic E-state index is 13.3. The van der Waals surface area contributed by atoms with Crippen molar-refractivity contribution in [2.75, 3.05) is 6.54 Å². The average Bonchev–Trinajstić information content (AvgIpc) is 2.65. The fraction of sp³-hybridized carbons (Fsp3) is 0.417. The quantitative estimate of drug-likeness (QED) is 0.876. The van der Waals surface area contributed by atoms with Crippen LogP contribution in [0.25, 0.3) is 0 Å². The Labute approximate surface area is 109 Å². The van der Waals surface area contributed by atoms with E-state index in [1.807, 2.05) is 0 Å². The molecule has 0 aromatic heterocycles. The highest BCUT2D eigenvalue weighted by Crippen LogP contribution is 2.22. The molecule has 1 heterocycles. The minimum Gasteiger partial charge on any atom is -0.480 e. The van der Waals surface area contributed by atoms with E-state index in [1.165, 1.54) is 12.1 Å². The molecule has 98 valence electrons. The average molecular weight is 274 g/mol. The maximum Gasteiger partial charge on any atom is 0.321 e. The second-order valence-electron chi connectivity index (χ2n) is 4.42. The van der Waals surface area contributed by atoms with Crippen molar-refractivity contribution in [2.24, 2.45) is 0 Å². The number of rotatable bonds is 3. The molecule has 0 amide bonds. The summed E-state index contributed by atoms with van der Waals surface area (Å²) in [4.78, 5) is 12.6. The Balaban J connectivity index is 2.12. The van der Waals surface area contributed by atoms with Gasteiger partial charge in [-0.05, 0) is 17.7 Å². The molecule has 4 nitrogen and oxygen atoms in total. The fourth-order valence-corrected chi connectivity index (χ4v) is 2.30. The minimum absolute atomic E-state index is 0.0370. The smallest absolute Gasteiger partial charge is 0.321 e. The summed E-state index contributed by atoms with van der Waals surface area (Å²) < 4.78 is 13.3. The van der Waals surface area contributed by atoms with Gasteiger partial charge in [0.05, 0.1) is 11.1 Å². The van der Waals surface area contributed by atoms with Gasteiger partial charge in [0.2, 0.25) is 0 Å². The lowest BCUT2D eigenvalue weighted by atomic mass is 10.1. The monoisotopic (exact) mass is 273 g/mol. The van der Waals surface area contributed by atoms with Crippen LogP contribution in [-0.4, -0.2) is 39.8 Å². The minimum atomic E-state index is -0.971. The van der Waals surface area contributed by atoms with Crippen LogP contribution in [0.2, 0.25) is 5.02 Å². The standard InChI is InChI=1S/C12H13ClFNO3/c13-9-2-1-7(3-10(9)14)5-15-6-8(16)4-11(15)12(17)18/h1-3,8,11,16H,4-6H2,(H,17,18). The van der Waals surface area contributed by atoms with E-state index in [9.17, 15) is 14.3 Å². The number of hydrogen-bond donors (Lipinski definition) is 2. The zero-order valence-corrected chi connectivity index (χ0v) is 10.3. The zero-order chi connectivity index (χ0) is 13.3. The molecule has 2 unspecified atom stereocenters. The van der Waals surface area contributed by atoms with Gasteiger partial charge >= 0.3 is 5.97 Å². The SMILES string of the molecule is O=C(O)C1CC(O)CN1Cc1ccc(Cl)c(F)c1. The molecule has 0 bridgehead atoms. The number of carbonyl (C=O) groups is 1. The normalized spacial score (nSPS) is 24.4. The molecule has 6 heteroatoms. The van der Waals surface area contributed by atoms with Gasteiger partial charge < -0.3 is 10.2 Å². The van der Waals surface area contributed by atoms with Gasteiger partial charge in [0.15, 0.2) is 0 Å². The van der Waals surface area contributed by atoms with Gasteiger partial charge in [-0.15, -0.1) is 0 Å². The highest BCUT2D eigenvalue weighted by atomic mass is 35.5. The topological polar surface area (TPSA) is 60.8 Å². The Morgan fingerprint density at radius 3 is 2.89 bits per heavy atom. The molecule has 1 aromatic carbocycles. The first-order valence-corrected chi connectivity index (χ1v) is 5.94. The number of aliphatic hydroxyl groups excluding tert-OH is 1. The second-order valence-corrected chi connectivity index (χ2v) is 4.83. The third kappa shape index (κ3) is 2.80. The van der Waals surface area contributed by atoms with E-state index in [0.717, 1.165) is 0 Å². The van der Waals surface area contributed by atoms with Crippen LogP contribution in [0.1, 0.15) is 12.0 Å². The summed E-state index contributed by atoms with van der Waals surface area (Å²) in [5.74, 6) is -1.50. The van der Waals surface area contributed by atoms with E-state index >= 15 is 0 Å². The lowest BCUT2D eigenvalue weighted by molar-refractivity contribution is -0.142. The van der Waals surface area contributed by atoms with E-state index in [0.29, 0.717) is 5.56 Å². The van der Waals surface area contributed by atoms with E-state index < -0.39 is 23.9 Å². The Hall–Kier alpha value is -1.17. The molecular weight excluding hydrogens is 261 g/mol. The van der Waals surface area contributed by atoms with Crippen molar-refractivity contribution in [2.45, 2.75) is 25.1 Å². The number of nitrogens with zero attached hydrogens (tertiary/aromatic N) is 1. The number of benzene rings is 1. The van der Waals surface area contributed by atoms with Crippen LogP contribution < -0.4 is 0 Å². The molecule has 2 atom stereocenters. The molecule has 2 rings (SSSR count).